The molecule has 0 aliphatic carbocycles. The average Bonchev–Trinajstić information content (AvgIpc) is 2.65. The van der Waals surface area contributed by atoms with E-state index in [9.17, 15) is 4.79 Å². The first kappa shape index (κ1) is 20.0. The molecule has 0 radical (unpaired) electrons. The summed E-state index contributed by atoms with van der Waals surface area (Å²) >= 11 is 3.44. The van der Waals surface area contributed by atoms with Crippen molar-refractivity contribution in [3.8, 4) is 11.5 Å². The number of rotatable bonds is 8. The zero-order chi connectivity index (χ0) is 18.9. The third kappa shape index (κ3) is 5.63. The molecule has 0 heterocycles. The Kier molecular flexibility index (Phi) is 7.73. The molecule has 0 aliphatic heterocycles. The van der Waals surface area contributed by atoms with Gasteiger partial charge in [0.1, 0.15) is 0 Å². The predicted octanol–water partition coefficient (Wildman–Crippen LogP) is 5.46. The highest BCUT2D eigenvalue weighted by Gasteiger charge is 2.09. The SMILES string of the molecule is CCCCc1ccc(NC(=O)/C=C/c2cc(Br)c(OC)c(OC)c2)cc1. The summed E-state index contributed by atoms with van der Waals surface area (Å²) in [5, 5.41) is 2.87. The van der Waals surface area contributed by atoms with Crippen LogP contribution in [0.4, 0.5) is 5.69 Å². The molecular formula is C21H24BrNO3. The Bertz CT molecular complexity index is 770. The number of aryl methyl sites for hydroxylation is 1. The van der Waals surface area contributed by atoms with Gasteiger partial charge in [0.05, 0.1) is 18.7 Å². The van der Waals surface area contributed by atoms with Crippen molar-refractivity contribution in [3.05, 3.63) is 58.1 Å². The lowest BCUT2D eigenvalue weighted by molar-refractivity contribution is -0.111. The van der Waals surface area contributed by atoms with Crippen LogP contribution in [0.3, 0.4) is 0 Å². The number of carbonyl (C=O) groups excluding carboxylic acids is 1. The minimum atomic E-state index is -0.183. The maximum atomic E-state index is 12.1. The molecule has 1 N–H and O–H groups in total. The number of benzene rings is 2. The molecule has 0 bridgehead atoms. The van der Waals surface area contributed by atoms with E-state index in [2.05, 4.69) is 40.3 Å². The lowest BCUT2D eigenvalue weighted by atomic mass is 10.1. The number of hydrogen-bond donors (Lipinski definition) is 1. The quantitative estimate of drug-likeness (QED) is 0.579. The second-order valence-corrected chi connectivity index (χ2v) is 6.72. The summed E-state index contributed by atoms with van der Waals surface area (Å²) in [4.78, 5) is 12.1. The molecule has 26 heavy (non-hydrogen) atoms. The van der Waals surface area contributed by atoms with Crippen LogP contribution in [0.2, 0.25) is 0 Å². The van der Waals surface area contributed by atoms with Gasteiger partial charge >= 0.3 is 0 Å². The highest BCUT2D eigenvalue weighted by atomic mass is 79.9. The van der Waals surface area contributed by atoms with Crippen molar-refractivity contribution in [2.45, 2.75) is 26.2 Å². The fraction of sp³-hybridized carbons (Fsp3) is 0.286. The van der Waals surface area contributed by atoms with Crippen LogP contribution in [0.1, 0.15) is 30.9 Å². The Morgan fingerprint density at radius 3 is 2.50 bits per heavy atom. The Morgan fingerprint density at radius 2 is 1.88 bits per heavy atom. The number of halogens is 1. The summed E-state index contributed by atoms with van der Waals surface area (Å²) in [5.74, 6) is 1.04. The summed E-state index contributed by atoms with van der Waals surface area (Å²) < 4.78 is 11.4. The highest BCUT2D eigenvalue weighted by Crippen LogP contribution is 2.36. The smallest absolute Gasteiger partial charge is 0.248 e. The standard InChI is InChI=1S/C21H24BrNO3/c1-4-5-6-15-7-10-17(11-8-15)23-20(24)12-9-16-13-18(22)21(26-3)19(14-16)25-2/h7-14H,4-6H2,1-3H3,(H,23,24)/b12-9+. The van der Waals surface area contributed by atoms with Crippen LogP contribution in [-0.2, 0) is 11.2 Å². The average molecular weight is 418 g/mol. The van der Waals surface area contributed by atoms with Crippen molar-refractivity contribution in [1.82, 2.24) is 0 Å². The van der Waals surface area contributed by atoms with Gasteiger partial charge in [0.2, 0.25) is 5.91 Å². The van der Waals surface area contributed by atoms with Gasteiger partial charge < -0.3 is 14.8 Å². The number of carbonyl (C=O) groups is 1. The molecule has 0 fully saturated rings. The molecule has 0 aromatic heterocycles. The second-order valence-electron chi connectivity index (χ2n) is 5.86. The fourth-order valence-electron chi connectivity index (χ4n) is 2.53. The van der Waals surface area contributed by atoms with E-state index in [1.807, 2.05) is 24.3 Å². The fourth-order valence-corrected chi connectivity index (χ4v) is 3.15. The largest absolute Gasteiger partial charge is 0.493 e. The summed E-state index contributed by atoms with van der Waals surface area (Å²) in [6.07, 6.45) is 6.65. The molecular weight excluding hydrogens is 394 g/mol. The predicted molar refractivity (Wildman–Crippen MR) is 110 cm³/mol. The van der Waals surface area contributed by atoms with Gasteiger partial charge in [-0.3, -0.25) is 4.79 Å². The molecule has 0 atom stereocenters. The van der Waals surface area contributed by atoms with Crippen molar-refractivity contribution in [2.24, 2.45) is 0 Å². The van der Waals surface area contributed by atoms with Crippen molar-refractivity contribution in [2.75, 3.05) is 19.5 Å². The molecule has 5 heteroatoms. The first-order valence-corrected chi connectivity index (χ1v) is 9.36. The normalized spacial score (nSPS) is 10.8. The third-order valence-electron chi connectivity index (χ3n) is 3.92. The van der Waals surface area contributed by atoms with E-state index in [4.69, 9.17) is 9.47 Å². The Hall–Kier alpha value is -2.27. The van der Waals surface area contributed by atoms with E-state index in [0.717, 1.165) is 22.1 Å². The first-order chi connectivity index (χ1) is 12.6. The lowest BCUT2D eigenvalue weighted by Crippen LogP contribution is -2.07. The van der Waals surface area contributed by atoms with E-state index in [-0.39, 0.29) is 5.91 Å². The van der Waals surface area contributed by atoms with E-state index in [1.54, 1.807) is 20.3 Å². The summed E-state index contributed by atoms with van der Waals surface area (Å²) in [7, 11) is 3.16. The van der Waals surface area contributed by atoms with Gasteiger partial charge in [-0.2, -0.15) is 0 Å². The van der Waals surface area contributed by atoms with E-state index >= 15 is 0 Å². The van der Waals surface area contributed by atoms with Gasteiger partial charge in [0.15, 0.2) is 11.5 Å². The Balaban J connectivity index is 2.02. The van der Waals surface area contributed by atoms with Crippen LogP contribution >= 0.6 is 15.9 Å². The van der Waals surface area contributed by atoms with Gasteiger partial charge in [-0.15, -0.1) is 0 Å². The monoisotopic (exact) mass is 417 g/mol. The molecule has 138 valence electrons. The van der Waals surface area contributed by atoms with Gasteiger partial charge in [0.25, 0.3) is 0 Å². The minimum absolute atomic E-state index is 0.183. The van der Waals surface area contributed by atoms with Crippen LogP contribution in [0.5, 0.6) is 11.5 Å². The molecule has 0 aliphatic rings. The maximum absolute atomic E-state index is 12.1. The van der Waals surface area contributed by atoms with Crippen molar-refractivity contribution in [3.63, 3.8) is 0 Å². The van der Waals surface area contributed by atoms with E-state index in [0.29, 0.717) is 11.5 Å². The zero-order valence-corrected chi connectivity index (χ0v) is 16.9. The van der Waals surface area contributed by atoms with Crippen LogP contribution in [-0.4, -0.2) is 20.1 Å². The summed E-state index contributed by atoms with van der Waals surface area (Å²) in [6.45, 7) is 2.18. The zero-order valence-electron chi connectivity index (χ0n) is 15.3. The molecule has 1 amide bonds. The molecule has 0 saturated carbocycles. The highest BCUT2D eigenvalue weighted by molar-refractivity contribution is 9.10. The summed E-state index contributed by atoms with van der Waals surface area (Å²) in [6, 6.07) is 11.7. The van der Waals surface area contributed by atoms with Crippen LogP contribution in [0.15, 0.2) is 46.9 Å². The van der Waals surface area contributed by atoms with E-state index in [1.165, 1.54) is 24.5 Å². The molecule has 2 aromatic carbocycles. The number of nitrogens with one attached hydrogen (secondary N) is 1. The van der Waals surface area contributed by atoms with Crippen LogP contribution in [0.25, 0.3) is 6.08 Å². The minimum Gasteiger partial charge on any atom is -0.493 e. The number of amides is 1. The number of methoxy groups -OCH3 is 2. The van der Waals surface area contributed by atoms with Crippen molar-refractivity contribution < 1.29 is 14.3 Å². The Labute approximate surface area is 163 Å². The van der Waals surface area contributed by atoms with Crippen LogP contribution in [0, 0.1) is 0 Å². The molecule has 0 saturated heterocycles. The number of unbranched alkanes of at least 4 members (excludes halogenated alkanes) is 1. The van der Waals surface area contributed by atoms with Gasteiger partial charge in [0, 0.05) is 11.8 Å². The maximum Gasteiger partial charge on any atom is 0.248 e. The van der Waals surface area contributed by atoms with Crippen LogP contribution < -0.4 is 14.8 Å². The van der Waals surface area contributed by atoms with E-state index < -0.39 is 0 Å². The molecule has 0 spiro atoms. The van der Waals surface area contributed by atoms with Crippen molar-refractivity contribution >= 4 is 33.6 Å². The molecule has 2 rings (SSSR count). The Morgan fingerprint density at radius 1 is 1.15 bits per heavy atom. The molecule has 2 aromatic rings. The second kappa shape index (κ2) is 10.0. The molecule has 0 unspecified atom stereocenters. The number of anilines is 1. The third-order valence-corrected chi connectivity index (χ3v) is 4.51. The summed E-state index contributed by atoms with van der Waals surface area (Å²) in [5.41, 5.74) is 2.91. The lowest BCUT2D eigenvalue weighted by Gasteiger charge is -2.10. The van der Waals surface area contributed by atoms with Gasteiger partial charge in [-0.25, -0.2) is 0 Å². The van der Waals surface area contributed by atoms with Gasteiger partial charge in [-0.05, 0) is 70.2 Å². The number of hydrogen-bond acceptors (Lipinski definition) is 3. The van der Waals surface area contributed by atoms with Gasteiger partial charge in [-0.1, -0.05) is 25.5 Å². The topological polar surface area (TPSA) is 47.6 Å². The molecule has 4 nitrogen and oxygen atoms in total. The van der Waals surface area contributed by atoms with Crippen molar-refractivity contribution in [1.29, 1.82) is 0 Å². The number of ether oxygens (including phenoxy) is 2. The first-order valence-electron chi connectivity index (χ1n) is 8.57.